The topological polar surface area (TPSA) is 55.8 Å². The van der Waals surface area contributed by atoms with E-state index in [1.807, 2.05) is 0 Å². The van der Waals surface area contributed by atoms with Crippen LogP contribution < -0.4 is 0 Å². The molecule has 0 aliphatic rings. The summed E-state index contributed by atoms with van der Waals surface area (Å²) in [7, 11) is -1.81. The van der Waals surface area contributed by atoms with Crippen molar-refractivity contribution in [3.63, 3.8) is 0 Å². The highest BCUT2D eigenvalue weighted by Gasteiger charge is 1.89. The van der Waals surface area contributed by atoms with Crippen molar-refractivity contribution in [3.05, 3.63) is 0 Å². The van der Waals surface area contributed by atoms with Crippen LogP contribution in [-0.2, 0) is 13.8 Å². The van der Waals surface area contributed by atoms with E-state index >= 15 is 0 Å². The highest BCUT2D eigenvalue weighted by molar-refractivity contribution is 7.38. The van der Waals surface area contributed by atoms with Crippen LogP contribution in [0.5, 0.6) is 0 Å². The minimum absolute atomic E-state index is 0.0152. The van der Waals surface area contributed by atoms with E-state index in [0.717, 1.165) is 0 Å². The van der Waals surface area contributed by atoms with Crippen molar-refractivity contribution in [2.75, 3.05) is 33.1 Å². The van der Waals surface area contributed by atoms with Gasteiger partial charge in [-0.15, -0.1) is 0 Å². The Morgan fingerprint density at radius 1 is 1.40 bits per heavy atom. The molecule has 10 heavy (non-hydrogen) atoms. The lowest BCUT2D eigenvalue weighted by atomic mass is 10.7. The number of hydrogen-bond donors (Lipinski definition) is 1. The summed E-state index contributed by atoms with van der Waals surface area (Å²) in [4.78, 5) is 0. The molecule has 1 atom stereocenters. The number of aliphatic hydroxyl groups is 1. The number of hydrogen-bond acceptors (Lipinski definition) is 4. The molecule has 0 aliphatic heterocycles. The zero-order valence-corrected chi connectivity index (χ0v) is 7.00. The van der Waals surface area contributed by atoms with Crippen LogP contribution in [-0.4, -0.2) is 38.2 Å². The minimum atomic E-state index is -1.81. The van der Waals surface area contributed by atoms with E-state index < -0.39 is 8.03 Å². The lowest BCUT2D eigenvalue weighted by Gasteiger charge is -2.00. The lowest BCUT2D eigenvalue weighted by molar-refractivity contribution is 0.0725. The van der Waals surface area contributed by atoms with Gasteiger partial charge < -0.3 is 14.4 Å². The summed E-state index contributed by atoms with van der Waals surface area (Å²) in [6, 6.07) is 0. The third-order valence-corrected chi connectivity index (χ3v) is 1.38. The standard InChI is InChI=1S/C5H13O4P/c1-10(7)9-5-4-8-3-2-6/h6,10H,2-5H2,1H3. The molecule has 0 aromatic rings. The van der Waals surface area contributed by atoms with E-state index in [4.69, 9.17) is 14.4 Å². The van der Waals surface area contributed by atoms with Crippen molar-refractivity contribution in [1.29, 1.82) is 0 Å². The summed E-state index contributed by atoms with van der Waals surface area (Å²) < 4.78 is 19.9. The monoisotopic (exact) mass is 168 g/mol. The maximum Gasteiger partial charge on any atom is 0.188 e. The van der Waals surface area contributed by atoms with Gasteiger partial charge >= 0.3 is 0 Å². The third-order valence-electron chi connectivity index (χ3n) is 0.769. The van der Waals surface area contributed by atoms with Crippen molar-refractivity contribution in [1.82, 2.24) is 0 Å². The molecule has 0 heterocycles. The Kier molecular flexibility index (Phi) is 7.30. The maximum absolute atomic E-state index is 10.3. The van der Waals surface area contributed by atoms with Gasteiger partial charge in [0.05, 0.1) is 26.4 Å². The van der Waals surface area contributed by atoms with E-state index in [0.29, 0.717) is 19.8 Å². The van der Waals surface area contributed by atoms with Gasteiger partial charge in [0.2, 0.25) is 0 Å². The average Bonchev–Trinajstić information content (AvgIpc) is 1.87. The highest BCUT2D eigenvalue weighted by atomic mass is 31.1. The van der Waals surface area contributed by atoms with Gasteiger partial charge in [-0.25, -0.2) is 0 Å². The molecule has 0 saturated heterocycles. The fourth-order valence-electron chi connectivity index (χ4n) is 0.411. The molecule has 0 bridgehead atoms. The first-order valence-electron chi connectivity index (χ1n) is 3.09. The van der Waals surface area contributed by atoms with Crippen LogP contribution in [0.3, 0.4) is 0 Å². The Labute approximate surface area is 61.0 Å². The van der Waals surface area contributed by atoms with Crippen molar-refractivity contribution in [3.8, 4) is 0 Å². The van der Waals surface area contributed by atoms with E-state index in [1.165, 1.54) is 6.66 Å². The van der Waals surface area contributed by atoms with Crippen LogP contribution in [0.1, 0.15) is 0 Å². The molecule has 4 nitrogen and oxygen atoms in total. The SMILES string of the molecule is C[PH](=O)OCCOCCO. The van der Waals surface area contributed by atoms with Crippen LogP contribution in [0, 0.1) is 0 Å². The van der Waals surface area contributed by atoms with Gasteiger partial charge in [0.25, 0.3) is 0 Å². The zero-order chi connectivity index (χ0) is 7.82. The minimum Gasteiger partial charge on any atom is -0.394 e. The first-order valence-corrected chi connectivity index (χ1v) is 4.91. The normalized spacial score (nSPS) is 13.4. The molecule has 0 rings (SSSR count). The Hall–Kier alpha value is 0.110. The van der Waals surface area contributed by atoms with Crippen LogP contribution in [0.4, 0.5) is 0 Å². The Morgan fingerprint density at radius 3 is 2.60 bits per heavy atom. The number of rotatable bonds is 6. The van der Waals surface area contributed by atoms with Crippen LogP contribution in [0.2, 0.25) is 0 Å². The first-order chi connectivity index (χ1) is 4.77. The fraction of sp³-hybridized carbons (Fsp3) is 1.00. The summed E-state index contributed by atoms with van der Waals surface area (Å²) in [6.45, 7) is 2.59. The molecule has 5 heteroatoms. The number of aliphatic hydroxyl groups excluding tert-OH is 1. The van der Waals surface area contributed by atoms with Gasteiger partial charge in [-0.3, -0.25) is 4.57 Å². The molecule has 62 valence electrons. The fourth-order valence-corrected chi connectivity index (χ4v) is 0.782. The smallest absolute Gasteiger partial charge is 0.188 e. The average molecular weight is 168 g/mol. The van der Waals surface area contributed by atoms with Gasteiger partial charge in [0.1, 0.15) is 0 Å². The Morgan fingerprint density at radius 2 is 2.10 bits per heavy atom. The van der Waals surface area contributed by atoms with E-state index in [2.05, 4.69) is 0 Å². The summed E-state index contributed by atoms with van der Waals surface area (Å²) in [5.74, 6) is 0. The predicted molar refractivity (Wildman–Crippen MR) is 38.8 cm³/mol. The second-order valence-corrected chi connectivity index (χ2v) is 2.95. The molecule has 0 amide bonds. The van der Waals surface area contributed by atoms with Crippen LogP contribution >= 0.6 is 8.03 Å². The van der Waals surface area contributed by atoms with Crippen LogP contribution in [0.25, 0.3) is 0 Å². The Balaban J connectivity index is 2.84. The quantitative estimate of drug-likeness (QED) is 0.452. The predicted octanol–water partition coefficient (Wildman–Crippen LogP) is 0.116. The summed E-state index contributed by atoms with van der Waals surface area (Å²) in [6.07, 6.45) is 0. The van der Waals surface area contributed by atoms with Gasteiger partial charge in [0.15, 0.2) is 8.03 Å². The van der Waals surface area contributed by atoms with E-state index in [1.54, 1.807) is 0 Å². The maximum atomic E-state index is 10.3. The molecule has 1 unspecified atom stereocenters. The highest BCUT2D eigenvalue weighted by Crippen LogP contribution is 2.13. The molecular weight excluding hydrogens is 155 g/mol. The molecule has 0 radical (unpaired) electrons. The Bertz CT molecular complexity index is 95.6. The number of ether oxygens (including phenoxy) is 1. The van der Waals surface area contributed by atoms with Gasteiger partial charge in [0, 0.05) is 6.66 Å². The summed E-state index contributed by atoms with van der Waals surface area (Å²) in [5, 5.41) is 8.25. The summed E-state index contributed by atoms with van der Waals surface area (Å²) >= 11 is 0. The molecule has 1 N–H and O–H groups in total. The van der Waals surface area contributed by atoms with Crippen molar-refractivity contribution in [2.45, 2.75) is 0 Å². The second kappa shape index (κ2) is 7.22. The lowest BCUT2D eigenvalue weighted by Crippen LogP contribution is -2.04. The molecule has 0 saturated carbocycles. The van der Waals surface area contributed by atoms with Gasteiger partial charge in [-0.2, -0.15) is 0 Å². The molecule has 0 fully saturated rings. The summed E-state index contributed by atoms with van der Waals surface area (Å²) in [5.41, 5.74) is 0. The van der Waals surface area contributed by atoms with Gasteiger partial charge in [-0.05, 0) is 0 Å². The largest absolute Gasteiger partial charge is 0.394 e. The molecular formula is C5H13O4P. The zero-order valence-electron chi connectivity index (χ0n) is 6.00. The van der Waals surface area contributed by atoms with E-state index in [-0.39, 0.29) is 6.61 Å². The molecule has 0 aromatic carbocycles. The second-order valence-electron chi connectivity index (χ2n) is 1.68. The van der Waals surface area contributed by atoms with Crippen molar-refractivity contribution in [2.24, 2.45) is 0 Å². The molecule has 0 aliphatic carbocycles. The van der Waals surface area contributed by atoms with Gasteiger partial charge in [-0.1, -0.05) is 0 Å². The van der Waals surface area contributed by atoms with Crippen molar-refractivity contribution < 1.29 is 18.9 Å². The molecule has 0 spiro atoms. The molecule has 0 aromatic heterocycles. The van der Waals surface area contributed by atoms with Crippen molar-refractivity contribution >= 4 is 8.03 Å². The van der Waals surface area contributed by atoms with Crippen LogP contribution in [0.15, 0.2) is 0 Å². The van der Waals surface area contributed by atoms with E-state index in [9.17, 15) is 4.57 Å². The first kappa shape index (κ1) is 10.1. The third kappa shape index (κ3) is 8.11.